The van der Waals surface area contributed by atoms with Crippen LogP contribution in [-0.4, -0.2) is 64.6 Å². The van der Waals surface area contributed by atoms with Crippen molar-refractivity contribution < 1.29 is 14.3 Å². The maximum absolute atomic E-state index is 12.6. The molecule has 2 aromatic heterocycles. The van der Waals surface area contributed by atoms with Crippen LogP contribution in [0.15, 0.2) is 48.9 Å². The van der Waals surface area contributed by atoms with E-state index in [4.69, 9.17) is 4.74 Å². The summed E-state index contributed by atoms with van der Waals surface area (Å²) in [5.74, 6) is 0.0265. The Morgan fingerprint density at radius 3 is 2.87 bits per heavy atom. The number of nitrogens with zero attached hydrogens (tertiary/aromatic N) is 4. The van der Waals surface area contributed by atoms with E-state index >= 15 is 0 Å². The highest BCUT2D eigenvalue weighted by Crippen LogP contribution is 2.17. The molecule has 1 fully saturated rings. The van der Waals surface area contributed by atoms with E-state index < -0.39 is 0 Å². The van der Waals surface area contributed by atoms with Crippen molar-refractivity contribution in [2.45, 2.75) is 19.4 Å². The Labute approximate surface area is 181 Å². The van der Waals surface area contributed by atoms with Crippen molar-refractivity contribution in [1.29, 1.82) is 0 Å². The molecule has 1 aromatic carbocycles. The van der Waals surface area contributed by atoms with E-state index in [9.17, 15) is 9.59 Å². The fourth-order valence-corrected chi connectivity index (χ4v) is 3.88. The lowest BCUT2D eigenvalue weighted by atomic mass is 10.1. The Morgan fingerprint density at radius 1 is 1.23 bits per heavy atom. The summed E-state index contributed by atoms with van der Waals surface area (Å²) < 4.78 is 7.04. The van der Waals surface area contributed by atoms with E-state index in [1.807, 2.05) is 22.8 Å². The van der Waals surface area contributed by atoms with Crippen LogP contribution in [0.2, 0.25) is 0 Å². The summed E-state index contributed by atoms with van der Waals surface area (Å²) >= 11 is 0. The molecule has 0 aliphatic carbocycles. The monoisotopic (exact) mass is 421 g/mol. The average Bonchev–Trinajstić information content (AvgIpc) is 3.37. The van der Waals surface area contributed by atoms with E-state index in [-0.39, 0.29) is 17.7 Å². The molecule has 1 N–H and O–H groups in total. The molecule has 8 nitrogen and oxygen atoms in total. The first-order valence-electron chi connectivity index (χ1n) is 10.5. The van der Waals surface area contributed by atoms with E-state index in [2.05, 4.69) is 27.4 Å². The Kier molecular flexibility index (Phi) is 6.57. The lowest BCUT2D eigenvalue weighted by molar-refractivity contribution is -0.128. The van der Waals surface area contributed by atoms with Crippen LogP contribution >= 0.6 is 0 Å². The zero-order valence-electron chi connectivity index (χ0n) is 17.7. The van der Waals surface area contributed by atoms with E-state index in [0.717, 1.165) is 18.6 Å². The van der Waals surface area contributed by atoms with Gasteiger partial charge in [0.15, 0.2) is 5.65 Å². The number of aromatic nitrogens is 3. The predicted octanol–water partition coefficient (Wildman–Crippen LogP) is 1.90. The summed E-state index contributed by atoms with van der Waals surface area (Å²) in [4.78, 5) is 35.3. The SMILES string of the molecule is COCCN1CC(CNC(=O)c2cnc3c(c2)ncn3CCc2ccccc2)CC1=O. The summed E-state index contributed by atoms with van der Waals surface area (Å²) in [6.07, 6.45) is 4.69. The first kappa shape index (κ1) is 21.0. The highest BCUT2D eigenvalue weighted by atomic mass is 16.5. The molecule has 162 valence electrons. The number of carbonyl (C=O) groups excluding carboxylic acids is 2. The Bertz CT molecular complexity index is 1050. The average molecular weight is 422 g/mol. The minimum atomic E-state index is -0.198. The van der Waals surface area contributed by atoms with Gasteiger partial charge in [-0.05, 0) is 18.1 Å². The molecule has 8 heteroatoms. The molecular formula is C23H27N5O3. The Balaban J connectivity index is 1.33. The van der Waals surface area contributed by atoms with Crippen LogP contribution in [0, 0.1) is 5.92 Å². The minimum absolute atomic E-state index is 0.112. The van der Waals surface area contributed by atoms with Crippen molar-refractivity contribution in [1.82, 2.24) is 24.8 Å². The van der Waals surface area contributed by atoms with Crippen LogP contribution in [0.5, 0.6) is 0 Å². The molecule has 3 aromatic rings. The minimum Gasteiger partial charge on any atom is -0.383 e. The molecule has 31 heavy (non-hydrogen) atoms. The van der Waals surface area contributed by atoms with Gasteiger partial charge in [0, 0.05) is 51.8 Å². The van der Waals surface area contributed by atoms with Crippen molar-refractivity contribution in [3.8, 4) is 0 Å². The molecule has 2 amide bonds. The number of ether oxygens (including phenoxy) is 1. The number of amides is 2. The van der Waals surface area contributed by atoms with E-state index in [0.29, 0.717) is 43.7 Å². The number of aryl methyl sites for hydroxylation is 2. The van der Waals surface area contributed by atoms with Crippen molar-refractivity contribution in [3.05, 3.63) is 60.0 Å². The summed E-state index contributed by atoms with van der Waals surface area (Å²) in [6.45, 7) is 2.99. The fourth-order valence-electron chi connectivity index (χ4n) is 3.88. The molecule has 0 bridgehead atoms. The quantitative estimate of drug-likeness (QED) is 0.570. The van der Waals surface area contributed by atoms with Crippen LogP contribution in [-0.2, 0) is 22.5 Å². The summed E-state index contributed by atoms with van der Waals surface area (Å²) in [5.41, 5.74) is 3.19. The number of hydrogen-bond donors (Lipinski definition) is 1. The number of rotatable bonds is 9. The highest BCUT2D eigenvalue weighted by Gasteiger charge is 2.29. The summed E-state index contributed by atoms with van der Waals surface area (Å²) in [5, 5.41) is 2.93. The number of pyridine rings is 1. The molecule has 1 atom stereocenters. The molecule has 0 radical (unpaired) electrons. The van der Waals surface area contributed by atoms with Gasteiger partial charge in [-0.25, -0.2) is 9.97 Å². The van der Waals surface area contributed by atoms with Crippen molar-refractivity contribution in [3.63, 3.8) is 0 Å². The standard InChI is InChI=1S/C23H27N5O3/c1-31-10-9-27-15-18(11-21(27)29)13-25-23(30)19-12-20-22(24-14-19)28(16-26-20)8-7-17-5-3-2-4-6-17/h2-6,12,14,16,18H,7-11,13,15H2,1H3,(H,25,30). The normalized spacial score (nSPS) is 16.2. The highest BCUT2D eigenvalue weighted by molar-refractivity contribution is 5.96. The van der Waals surface area contributed by atoms with Crippen molar-refractivity contribution >= 4 is 23.0 Å². The van der Waals surface area contributed by atoms with Gasteiger partial charge in [0.2, 0.25) is 5.91 Å². The summed E-state index contributed by atoms with van der Waals surface area (Å²) in [6, 6.07) is 12.0. The zero-order chi connectivity index (χ0) is 21.6. The zero-order valence-corrected chi connectivity index (χ0v) is 17.7. The second kappa shape index (κ2) is 9.70. The molecular weight excluding hydrogens is 394 g/mol. The maximum Gasteiger partial charge on any atom is 0.252 e. The molecule has 0 saturated carbocycles. The van der Waals surface area contributed by atoms with E-state index in [1.165, 1.54) is 5.56 Å². The smallest absolute Gasteiger partial charge is 0.252 e. The molecule has 1 aliphatic rings. The fraction of sp³-hybridized carbons (Fsp3) is 0.391. The topological polar surface area (TPSA) is 89.3 Å². The Morgan fingerprint density at radius 2 is 2.06 bits per heavy atom. The molecule has 1 unspecified atom stereocenters. The number of methoxy groups -OCH3 is 1. The number of nitrogens with one attached hydrogen (secondary N) is 1. The lowest BCUT2D eigenvalue weighted by Gasteiger charge is -2.16. The molecule has 3 heterocycles. The van der Waals surface area contributed by atoms with Crippen molar-refractivity contribution in [2.75, 3.05) is 33.4 Å². The number of hydrogen-bond acceptors (Lipinski definition) is 5. The number of likely N-dealkylation sites (tertiary alicyclic amines) is 1. The van der Waals surface area contributed by atoms with Gasteiger partial charge in [0.1, 0.15) is 5.52 Å². The number of fused-ring (bicyclic) bond motifs is 1. The van der Waals surface area contributed by atoms with Crippen molar-refractivity contribution in [2.24, 2.45) is 5.92 Å². The Hall–Kier alpha value is -3.26. The first-order valence-corrected chi connectivity index (χ1v) is 10.5. The van der Waals surface area contributed by atoms with Gasteiger partial charge in [-0.2, -0.15) is 0 Å². The van der Waals surface area contributed by atoms with Gasteiger partial charge in [-0.3, -0.25) is 9.59 Å². The van der Waals surface area contributed by atoms with Gasteiger partial charge in [-0.1, -0.05) is 30.3 Å². The van der Waals surface area contributed by atoms with Gasteiger partial charge in [0.05, 0.1) is 18.5 Å². The summed E-state index contributed by atoms with van der Waals surface area (Å²) in [7, 11) is 1.62. The molecule has 4 rings (SSSR count). The van der Waals surface area contributed by atoms with Gasteiger partial charge in [-0.15, -0.1) is 0 Å². The first-order chi connectivity index (χ1) is 15.1. The largest absolute Gasteiger partial charge is 0.383 e. The lowest BCUT2D eigenvalue weighted by Crippen LogP contribution is -2.32. The third-order valence-electron chi connectivity index (χ3n) is 5.61. The molecule has 1 saturated heterocycles. The van der Waals surface area contributed by atoms with Crippen LogP contribution in [0.1, 0.15) is 22.3 Å². The van der Waals surface area contributed by atoms with Crippen LogP contribution in [0.3, 0.4) is 0 Å². The maximum atomic E-state index is 12.6. The second-order valence-electron chi connectivity index (χ2n) is 7.85. The number of carbonyl (C=O) groups is 2. The van der Waals surface area contributed by atoms with Gasteiger partial charge in [0.25, 0.3) is 5.91 Å². The third kappa shape index (κ3) is 5.08. The van der Waals surface area contributed by atoms with Gasteiger partial charge < -0.3 is 19.5 Å². The predicted molar refractivity (Wildman–Crippen MR) is 117 cm³/mol. The molecule has 1 aliphatic heterocycles. The second-order valence-corrected chi connectivity index (χ2v) is 7.85. The number of imidazole rings is 1. The third-order valence-corrected chi connectivity index (χ3v) is 5.61. The van der Waals surface area contributed by atoms with E-state index in [1.54, 1.807) is 30.6 Å². The van der Waals surface area contributed by atoms with Crippen LogP contribution in [0.25, 0.3) is 11.2 Å². The van der Waals surface area contributed by atoms with Crippen LogP contribution in [0.4, 0.5) is 0 Å². The van der Waals surface area contributed by atoms with Crippen LogP contribution < -0.4 is 5.32 Å². The number of benzene rings is 1. The van der Waals surface area contributed by atoms with Gasteiger partial charge >= 0.3 is 0 Å². The molecule has 0 spiro atoms.